The molecule has 86 valence electrons. The second kappa shape index (κ2) is 4.41. The number of fused-ring (bicyclic) bond motifs is 1. The van der Waals surface area contributed by atoms with E-state index in [4.69, 9.17) is 0 Å². The summed E-state index contributed by atoms with van der Waals surface area (Å²) in [7, 11) is 0. The summed E-state index contributed by atoms with van der Waals surface area (Å²) in [5, 5.41) is 3.43. The van der Waals surface area contributed by atoms with E-state index in [1.807, 2.05) is 6.20 Å². The normalized spacial score (nSPS) is 24.1. The van der Waals surface area contributed by atoms with E-state index in [1.54, 1.807) is 11.5 Å². The van der Waals surface area contributed by atoms with Crippen molar-refractivity contribution in [2.45, 2.75) is 31.8 Å². The van der Waals surface area contributed by atoms with E-state index in [2.05, 4.69) is 25.6 Å². The quantitative estimate of drug-likeness (QED) is 0.845. The van der Waals surface area contributed by atoms with E-state index in [0.717, 1.165) is 19.0 Å². The van der Waals surface area contributed by atoms with E-state index in [9.17, 15) is 0 Å². The number of nitrogens with zero attached hydrogens (tertiary/aromatic N) is 3. The number of rotatable bonds is 2. The summed E-state index contributed by atoms with van der Waals surface area (Å²) in [6.07, 6.45) is 5.81. The summed E-state index contributed by atoms with van der Waals surface area (Å²) in [5.41, 5.74) is 0. The predicted octanol–water partition coefficient (Wildman–Crippen LogP) is 1.46. The maximum absolute atomic E-state index is 4.60. The smallest absolute Gasteiger partial charge is 0.194 e. The minimum atomic E-state index is 0.665. The molecule has 5 heteroatoms. The standard InChI is InChI=1S/C11H16N4S/c1-2-6-15-9(3-1)7-12-11(15)13-8-10-4-5-14-16-10/h4-5,9H,1-3,6-8H2,(H,12,13)/t9-/m0/s1. The third-order valence-corrected chi connectivity index (χ3v) is 4.01. The van der Waals surface area contributed by atoms with Crippen LogP contribution in [-0.2, 0) is 6.54 Å². The third-order valence-electron chi connectivity index (χ3n) is 3.26. The van der Waals surface area contributed by atoms with Gasteiger partial charge in [-0.1, -0.05) is 0 Å². The molecule has 4 nitrogen and oxygen atoms in total. The van der Waals surface area contributed by atoms with Crippen molar-refractivity contribution in [1.29, 1.82) is 0 Å². The Labute approximate surface area is 99.5 Å². The number of nitrogens with one attached hydrogen (secondary N) is 1. The summed E-state index contributed by atoms with van der Waals surface area (Å²) < 4.78 is 4.10. The average Bonchev–Trinajstić information content (AvgIpc) is 2.96. The molecule has 1 aromatic heterocycles. The maximum atomic E-state index is 4.60. The van der Waals surface area contributed by atoms with Crippen LogP contribution < -0.4 is 5.32 Å². The van der Waals surface area contributed by atoms with Crippen molar-refractivity contribution >= 4 is 17.5 Å². The second-order valence-corrected chi connectivity index (χ2v) is 5.26. The minimum Gasteiger partial charge on any atom is -0.351 e. The lowest BCUT2D eigenvalue weighted by atomic mass is 10.0. The molecule has 0 radical (unpaired) electrons. The van der Waals surface area contributed by atoms with E-state index < -0.39 is 0 Å². The van der Waals surface area contributed by atoms with Crippen LogP contribution in [0.25, 0.3) is 0 Å². The zero-order chi connectivity index (χ0) is 10.8. The van der Waals surface area contributed by atoms with Gasteiger partial charge in [-0.15, -0.1) is 0 Å². The Morgan fingerprint density at radius 2 is 2.50 bits per heavy atom. The van der Waals surface area contributed by atoms with Crippen LogP contribution in [0.3, 0.4) is 0 Å². The number of hydrogen-bond donors (Lipinski definition) is 1. The molecule has 0 aliphatic carbocycles. The summed E-state index contributed by atoms with van der Waals surface area (Å²) >= 11 is 1.55. The van der Waals surface area contributed by atoms with Crippen molar-refractivity contribution in [1.82, 2.24) is 14.6 Å². The zero-order valence-corrected chi connectivity index (χ0v) is 10.0. The lowest BCUT2D eigenvalue weighted by molar-refractivity contribution is 0.262. The van der Waals surface area contributed by atoms with Crippen molar-refractivity contribution in [3.05, 3.63) is 17.1 Å². The topological polar surface area (TPSA) is 40.5 Å². The van der Waals surface area contributed by atoms with Crippen LogP contribution in [0.1, 0.15) is 24.1 Å². The van der Waals surface area contributed by atoms with Gasteiger partial charge >= 0.3 is 0 Å². The molecule has 1 fully saturated rings. The number of piperidine rings is 1. The van der Waals surface area contributed by atoms with Gasteiger partial charge in [-0.05, 0) is 36.9 Å². The van der Waals surface area contributed by atoms with Crippen LogP contribution in [-0.4, -0.2) is 34.4 Å². The monoisotopic (exact) mass is 236 g/mol. The van der Waals surface area contributed by atoms with Crippen LogP contribution >= 0.6 is 11.5 Å². The molecule has 1 atom stereocenters. The van der Waals surface area contributed by atoms with E-state index in [1.165, 1.54) is 30.7 Å². The van der Waals surface area contributed by atoms with Gasteiger partial charge in [-0.3, -0.25) is 4.99 Å². The molecule has 3 rings (SSSR count). The molecular weight excluding hydrogens is 220 g/mol. The molecule has 0 spiro atoms. The highest BCUT2D eigenvalue weighted by atomic mass is 32.1. The van der Waals surface area contributed by atoms with E-state index >= 15 is 0 Å². The Hall–Kier alpha value is -1.10. The first-order valence-electron chi connectivity index (χ1n) is 5.88. The average molecular weight is 236 g/mol. The highest BCUT2D eigenvalue weighted by molar-refractivity contribution is 7.05. The largest absolute Gasteiger partial charge is 0.351 e. The van der Waals surface area contributed by atoms with Gasteiger partial charge in [0, 0.05) is 17.6 Å². The number of guanidine groups is 1. The summed E-state index contributed by atoms with van der Waals surface area (Å²) in [6.45, 7) is 3.00. The lowest BCUT2D eigenvalue weighted by Gasteiger charge is -2.32. The highest BCUT2D eigenvalue weighted by Crippen LogP contribution is 2.21. The molecule has 1 N–H and O–H groups in total. The molecule has 16 heavy (non-hydrogen) atoms. The fourth-order valence-corrected chi connectivity index (χ4v) is 2.92. The molecule has 2 aliphatic rings. The van der Waals surface area contributed by atoms with Crippen molar-refractivity contribution in [3.63, 3.8) is 0 Å². The lowest BCUT2D eigenvalue weighted by Crippen LogP contribution is -2.45. The van der Waals surface area contributed by atoms with Crippen LogP contribution in [0.5, 0.6) is 0 Å². The molecule has 1 aromatic rings. The van der Waals surface area contributed by atoms with Crippen LogP contribution in [0, 0.1) is 0 Å². The van der Waals surface area contributed by atoms with Gasteiger partial charge in [-0.25, -0.2) is 4.37 Å². The molecule has 0 saturated carbocycles. The first kappa shape index (κ1) is 10.1. The van der Waals surface area contributed by atoms with Gasteiger partial charge < -0.3 is 10.2 Å². The Morgan fingerprint density at radius 1 is 1.50 bits per heavy atom. The van der Waals surface area contributed by atoms with E-state index in [-0.39, 0.29) is 0 Å². The van der Waals surface area contributed by atoms with Crippen molar-refractivity contribution in [2.24, 2.45) is 4.99 Å². The number of aromatic nitrogens is 1. The fourth-order valence-electron chi connectivity index (χ4n) is 2.41. The van der Waals surface area contributed by atoms with Gasteiger partial charge in [0.15, 0.2) is 5.96 Å². The predicted molar refractivity (Wildman–Crippen MR) is 65.6 cm³/mol. The molecule has 0 bridgehead atoms. The van der Waals surface area contributed by atoms with Gasteiger partial charge in [0.2, 0.25) is 0 Å². The van der Waals surface area contributed by atoms with E-state index in [0.29, 0.717) is 6.04 Å². The van der Waals surface area contributed by atoms with Gasteiger partial charge in [0.1, 0.15) is 0 Å². The Kier molecular flexibility index (Phi) is 2.78. The van der Waals surface area contributed by atoms with Crippen LogP contribution in [0.2, 0.25) is 0 Å². The minimum absolute atomic E-state index is 0.665. The third kappa shape index (κ3) is 1.91. The number of hydrogen-bond acceptors (Lipinski definition) is 5. The van der Waals surface area contributed by atoms with Crippen molar-refractivity contribution in [3.8, 4) is 0 Å². The summed E-state index contributed by atoms with van der Waals surface area (Å²) in [5.74, 6) is 1.10. The molecule has 0 amide bonds. The molecule has 0 aromatic carbocycles. The fraction of sp³-hybridized carbons (Fsp3) is 0.636. The molecular formula is C11H16N4S. The Morgan fingerprint density at radius 3 is 3.38 bits per heavy atom. The van der Waals surface area contributed by atoms with Crippen LogP contribution in [0.15, 0.2) is 17.3 Å². The van der Waals surface area contributed by atoms with Crippen LogP contribution in [0.4, 0.5) is 0 Å². The first-order chi connectivity index (χ1) is 7.93. The Balaban J connectivity index is 1.59. The molecule has 3 heterocycles. The van der Waals surface area contributed by atoms with Gasteiger partial charge in [0.05, 0.1) is 19.1 Å². The molecule has 1 saturated heterocycles. The molecule has 0 unspecified atom stereocenters. The zero-order valence-electron chi connectivity index (χ0n) is 9.22. The SMILES string of the molecule is c1cc(CNC2=NC[C@@H]3CCCCN23)sn1. The first-order valence-corrected chi connectivity index (χ1v) is 6.65. The summed E-state index contributed by atoms with van der Waals surface area (Å²) in [6, 6.07) is 2.72. The molecule has 2 aliphatic heterocycles. The van der Waals surface area contributed by atoms with Crippen molar-refractivity contribution in [2.75, 3.05) is 13.1 Å². The summed E-state index contributed by atoms with van der Waals surface area (Å²) in [4.78, 5) is 8.30. The Bertz CT molecular complexity index is 373. The van der Waals surface area contributed by atoms with Gasteiger partial charge in [-0.2, -0.15) is 0 Å². The highest BCUT2D eigenvalue weighted by Gasteiger charge is 2.29. The second-order valence-electron chi connectivity index (χ2n) is 4.34. The van der Waals surface area contributed by atoms with Gasteiger partial charge in [0.25, 0.3) is 0 Å². The maximum Gasteiger partial charge on any atom is 0.194 e. The van der Waals surface area contributed by atoms with Crippen molar-refractivity contribution < 1.29 is 0 Å². The number of aliphatic imine (C=N–C) groups is 1.